The van der Waals surface area contributed by atoms with Gasteiger partial charge in [-0.3, -0.25) is 0 Å². The number of anilines is 3. The molecule has 2 aliphatic rings. The fourth-order valence-corrected chi connectivity index (χ4v) is 13.5. The minimum atomic E-state index is -0.465. The first-order valence-corrected chi connectivity index (χ1v) is 27.4. The zero-order valence-corrected chi connectivity index (χ0v) is 43.3. The second-order valence-electron chi connectivity index (χ2n) is 21.2. The third-order valence-electron chi connectivity index (χ3n) is 17.0. The maximum atomic E-state index is 2.49. The first-order valence-electron chi connectivity index (χ1n) is 27.4. The molecule has 0 aliphatic heterocycles. The van der Waals surface area contributed by atoms with Gasteiger partial charge in [-0.2, -0.15) is 0 Å². The summed E-state index contributed by atoms with van der Waals surface area (Å²) in [6, 6.07) is 112. The van der Waals surface area contributed by atoms with Crippen molar-refractivity contribution in [2.24, 2.45) is 0 Å². The lowest BCUT2D eigenvalue weighted by Crippen LogP contribution is -2.26. The lowest BCUT2D eigenvalue weighted by atomic mass is 9.70. The van der Waals surface area contributed by atoms with E-state index in [9.17, 15) is 0 Å². The summed E-state index contributed by atoms with van der Waals surface area (Å²) in [4.78, 5) is 2.46. The van der Waals surface area contributed by atoms with Gasteiger partial charge in [0.1, 0.15) is 0 Å². The third-order valence-corrected chi connectivity index (χ3v) is 17.0. The van der Waals surface area contributed by atoms with Gasteiger partial charge in [0, 0.05) is 33.5 Å². The van der Waals surface area contributed by atoms with Crippen molar-refractivity contribution in [3.8, 4) is 72.4 Å². The maximum Gasteiger partial charge on any atom is 0.0726 e. The molecule has 13 aromatic carbocycles. The first kappa shape index (κ1) is 45.0. The number of fused-ring (bicyclic) bond motifs is 14. The number of nitrogens with zero attached hydrogens (tertiary/aromatic N) is 2. The van der Waals surface area contributed by atoms with E-state index in [0.717, 1.165) is 33.9 Å². The van der Waals surface area contributed by atoms with Crippen molar-refractivity contribution >= 4 is 49.6 Å². The van der Waals surface area contributed by atoms with Crippen molar-refractivity contribution in [2.75, 3.05) is 4.90 Å². The van der Waals surface area contributed by atoms with Gasteiger partial charge >= 0.3 is 0 Å². The molecule has 2 nitrogen and oxygen atoms in total. The molecule has 1 spiro atoms. The molecule has 0 amide bonds. The molecule has 0 saturated heterocycles. The largest absolute Gasteiger partial charge is 0.310 e. The van der Waals surface area contributed by atoms with E-state index in [2.05, 4.69) is 313 Å². The minimum Gasteiger partial charge on any atom is -0.310 e. The van der Waals surface area contributed by atoms with Crippen LogP contribution in [0.3, 0.4) is 0 Å². The summed E-state index contributed by atoms with van der Waals surface area (Å²) in [5, 5.41) is 4.97. The highest BCUT2D eigenvalue weighted by atomic mass is 15.1. The summed E-state index contributed by atoms with van der Waals surface area (Å²) < 4.78 is 2.40. The molecule has 14 aromatic rings. The predicted molar refractivity (Wildman–Crippen MR) is 331 cm³/mol. The average Bonchev–Trinajstić information content (AvgIpc) is 4.16. The van der Waals surface area contributed by atoms with Gasteiger partial charge in [0.2, 0.25) is 0 Å². The highest BCUT2D eigenvalue weighted by Crippen LogP contribution is 2.63. The number of aromatic nitrogens is 1. The smallest absolute Gasteiger partial charge is 0.0726 e. The molecule has 1 heterocycles. The van der Waals surface area contributed by atoms with Crippen LogP contribution in [0.5, 0.6) is 0 Å². The zero-order valence-electron chi connectivity index (χ0n) is 43.3. The van der Waals surface area contributed by atoms with Crippen LogP contribution >= 0.6 is 0 Å². The van der Waals surface area contributed by atoms with Crippen molar-refractivity contribution in [1.29, 1.82) is 0 Å². The number of rotatable bonds is 8. The molecule has 1 aromatic heterocycles. The highest BCUT2D eigenvalue weighted by Gasteiger charge is 2.51. The van der Waals surface area contributed by atoms with E-state index in [1.807, 2.05) is 0 Å². The van der Waals surface area contributed by atoms with Crippen LogP contribution in [0.1, 0.15) is 22.3 Å². The number of hydrogen-bond donors (Lipinski definition) is 0. The van der Waals surface area contributed by atoms with E-state index in [0.29, 0.717) is 0 Å². The summed E-state index contributed by atoms with van der Waals surface area (Å²) >= 11 is 0. The van der Waals surface area contributed by atoms with Gasteiger partial charge in [0.15, 0.2) is 0 Å². The lowest BCUT2D eigenvalue weighted by molar-refractivity contribution is 0.793. The number of benzene rings is 13. The Hall–Kier alpha value is -10.3. The highest BCUT2D eigenvalue weighted by molar-refractivity contribution is 6.10. The van der Waals surface area contributed by atoms with Crippen LogP contribution in [0.15, 0.2) is 303 Å². The molecule has 0 N–H and O–H groups in total. The lowest BCUT2D eigenvalue weighted by Gasteiger charge is -2.32. The minimum absolute atomic E-state index is 0.465. The molecule has 0 atom stereocenters. The van der Waals surface area contributed by atoms with Crippen molar-refractivity contribution in [1.82, 2.24) is 4.57 Å². The molecule has 368 valence electrons. The standard InChI is InChI=1S/C77H50N2/c1-2-17-51(18-3-1)52-35-40-60(41-36-52)79-75-34-13-9-29-69(75)70-49-58(39-46-76(70)79)56-22-14-21-55(47-56)57-23-15-24-61(48-57)78(59-42-37-54(38-43-59)64-30-16-20-53-19-4-5-25-63(53)64)62-44-45-68-67-28-8-12-33-73(67)77(74(68)50-62)71-31-10-6-26-65(71)66-27-7-11-32-72(66)77/h1-50H. The van der Waals surface area contributed by atoms with Gasteiger partial charge in [-0.25, -0.2) is 0 Å². The van der Waals surface area contributed by atoms with E-state index in [4.69, 9.17) is 0 Å². The summed E-state index contributed by atoms with van der Waals surface area (Å²) in [7, 11) is 0. The Morgan fingerprint density at radius 3 is 1.43 bits per heavy atom. The van der Waals surface area contributed by atoms with Gasteiger partial charge in [-0.15, -0.1) is 0 Å². The Kier molecular flexibility index (Phi) is 10.2. The Morgan fingerprint density at radius 2 is 0.709 bits per heavy atom. The van der Waals surface area contributed by atoms with Crippen LogP contribution in [-0.2, 0) is 5.41 Å². The van der Waals surface area contributed by atoms with Crippen molar-refractivity contribution in [3.63, 3.8) is 0 Å². The van der Waals surface area contributed by atoms with E-state index >= 15 is 0 Å². The Bertz CT molecular complexity index is 4650. The second-order valence-corrected chi connectivity index (χ2v) is 21.2. The average molecular weight is 1000 g/mol. The molecule has 0 saturated carbocycles. The normalized spacial score (nSPS) is 12.7. The molecule has 0 radical (unpaired) electrons. The van der Waals surface area contributed by atoms with Crippen LogP contribution in [0.25, 0.3) is 105 Å². The first-order chi connectivity index (χ1) is 39.2. The Morgan fingerprint density at radius 1 is 0.241 bits per heavy atom. The van der Waals surface area contributed by atoms with E-state index < -0.39 is 5.41 Å². The van der Waals surface area contributed by atoms with Crippen molar-refractivity contribution in [3.05, 3.63) is 326 Å². The third kappa shape index (κ3) is 6.98. The maximum absolute atomic E-state index is 2.49. The summed E-state index contributed by atoms with van der Waals surface area (Å²) in [5.41, 5.74) is 26.4. The quantitative estimate of drug-likeness (QED) is 0.147. The van der Waals surface area contributed by atoms with E-state index in [1.165, 1.54) is 110 Å². The van der Waals surface area contributed by atoms with Gasteiger partial charge in [0.05, 0.1) is 16.4 Å². The molecule has 16 rings (SSSR count). The van der Waals surface area contributed by atoms with Gasteiger partial charge in [-0.05, 0) is 173 Å². The molecule has 0 fully saturated rings. The molecule has 2 aliphatic carbocycles. The monoisotopic (exact) mass is 1000 g/mol. The molecular formula is C77H50N2. The van der Waals surface area contributed by atoms with Crippen LogP contribution in [0.2, 0.25) is 0 Å². The van der Waals surface area contributed by atoms with E-state index in [-0.39, 0.29) is 0 Å². The van der Waals surface area contributed by atoms with Crippen molar-refractivity contribution in [2.45, 2.75) is 5.41 Å². The molecule has 79 heavy (non-hydrogen) atoms. The second kappa shape index (κ2) is 17.9. The summed E-state index contributed by atoms with van der Waals surface area (Å²) in [5.74, 6) is 0. The topological polar surface area (TPSA) is 8.17 Å². The fraction of sp³-hybridized carbons (Fsp3) is 0.0130. The summed E-state index contributed by atoms with van der Waals surface area (Å²) in [6.45, 7) is 0. The van der Waals surface area contributed by atoms with Crippen molar-refractivity contribution < 1.29 is 0 Å². The molecule has 0 bridgehead atoms. The van der Waals surface area contributed by atoms with E-state index in [1.54, 1.807) is 0 Å². The molecule has 2 heteroatoms. The molecular weight excluding hydrogens is 953 g/mol. The fourth-order valence-electron chi connectivity index (χ4n) is 13.5. The summed E-state index contributed by atoms with van der Waals surface area (Å²) in [6.07, 6.45) is 0. The number of para-hydroxylation sites is 1. The SMILES string of the molecule is c1ccc(-c2ccc(-n3c4ccccc4c4cc(-c5cccc(-c6cccc(N(c7ccc(-c8cccc9ccccc89)cc7)c7ccc8c(c7)C7(c9ccccc9-c9ccccc97)c7ccccc7-8)c6)c5)ccc43)cc2)cc1. The van der Waals surface area contributed by atoms with Gasteiger partial charge in [-0.1, -0.05) is 231 Å². The van der Waals surface area contributed by atoms with Gasteiger partial charge in [0.25, 0.3) is 0 Å². The van der Waals surface area contributed by atoms with Crippen LogP contribution in [-0.4, -0.2) is 4.57 Å². The zero-order chi connectivity index (χ0) is 52.0. The Labute approximate surface area is 460 Å². The Balaban J connectivity index is 0.819. The predicted octanol–water partition coefficient (Wildman–Crippen LogP) is 20.4. The van der Waals surface area contributed by atoms with Crippen LogP contribution in [0.4, 0.5) is 17.1 Å². The number of hydrogen-bond acceptors (Lipinski definition) is 1. The molecule has 0 unspecified atom stereocenters. The van der Waals surface area contributed by atoms with Crippen LogP contribution < -0.4 is 4.90 Å². The van der Waals surface area contributed by atoms with Crippen LogP contribution in [0, 0.1) is 0 Å². The van der Waals surface area contributed by atoms with Gasteiger partial charge < -0.3 is 9.47 Å².